The highest BCUT2D eigenvalue weighted by Gasteiger charge is 2.14. The minimum absolute atomic E-state index is 0.101. The zero-order chi connectivity index (χ0) is 17.4. The molecule has 0 heterocycles. The number of para-hydroxylation sites is 1. The molecule has 0 radical (unpaired) electrons. The minimum Gasteiger partial charge on any atom is -0.395 e. The minimum atomic E-state index is -3.71. The van der Waals surface area contributed by atoms with E-state index in [1.807, 2.05) is 0 Å². The second-order valence-electron chi connectivity index (χ2n) is 4.89. The van der Waals surface area contributed by atoms with Crippen LogP contribution < -0.4 is 10.0 Å². The van der Waals surface area contributed by atoms with Gasteiger partial charge in [0, 0.05) is 18.3 Å². The summed E-state index contributed by atoms with van der Waals surface area (Å²) in [6, 6.07) is 14.8. The average Bonchev–Trinajstić information content (AvgIpc) is 2.59. The fraction of sp³-hybridized carbons (Fsp3) is 0.118. The summed E-state index contributed by atoms with van der Waals surface area (Å²) in [7, 11) is -3.71. The number of carbonyl (C=O) groups is 1. The highest BCUT2D eigenvalue weighted by molar-refractivity contribution is 7.92. The molecule has 7 heteroatoms. The maximum absolute atomic E-state index is 12.4. The Kier molecular flexibility index (Phi) is 6.11. The molecule has 24 heavy (non-hydrogen) atoms. The summed E-state index contributed by atoms with van der Waals surface area (Å²) in [6.07, 6.45) is 2.79. The Morgan fingerprint density at radius 1 is 1.08 bits per heavy atom. The maximum atomic E-state index is 12.4. The molecule has 0 atom stereocenters. The first-order valence-corrected chi connectivity index (χ1v) is 8.74. The zero-order valence-corrected chi connectivity index (χ0v) is 13.7. The van der Waals surface area contributed by atoms with Crippen LogP contribution in [0.15, 0.2) is 65.6 Å². The van der Waals surface area contributed by atoms with Crippen LogP contribution in [-0.2, 0) is 14.8 Å². The van der Waals surface area contributed by atoms with Gasteiger partial charge in [0.1, 0.15) is 0 Å². The molecule has 2 aromatic rings. The van der Waals surface area contributed by atoms with Crippen molar-refractivity contribution in [3.8, 4) is 0 Å². The Labute approximate surface area is 140 Å². The van der Waals surface area contributed by atoms with Crippen LogP contribution in [0.25, 0.3) is 6.08 Å². The van der Waals surface area contributed by atoms with Crippen molar-refractivity contribution in [1.82, 2.24) is 5.32 Å². The lowest BCUT2D eigenvalue weighted by atomic mass is 10.2. The van der Waals surface area contributed by atoms with Gasteiger partial charge in [0.2, 0.25) is 5.91 Å². The molecule has 0 aliphatic heterocycles. The van der Waals surface area contributed by atoms with E-state index < -0.39 is 10.0 Å². The smallest absolute Gasteiger partial charge is 0.261 e. The number of aliphatic hydroxyl groups is 1. The molecule has 0 saturated carbocycles. The van der Waals surface area contributed by atoms with Crippen LogP contribution in [-0.4, -0.2) is 32.6 Å². The fourth-order valence-electron chi connectivity index (χ4n) is 1.92. The van der Waals surface area contributed by atoms with E-state index in [0.29, 0.717) is 11.3 Å². The van der Waals surface area contributed by atoms with Crippen molar-refractivity contribution in [2.45, 2.75) is 4.90 Å². The molecule has 1 amide bonds. The molecule has 0 saturated heterocycles. The summed E-state index contributed by atoms with van der Waals surface area (Å²) in [5.74, 6) is -0.361. The van der Waals surface area contributed by atoms with Gasteiger partial charge in [-0.15, -0.1) is 0 Å². The van der Waals surface area contributed by atoms with Crippen molar-refractivity contribution in [2.24, 2.45) is 0 Å². The molecule has 6 nitrogen and oxygen atoms in total. The molecule has 0 unspecified atom stereocenters. The van der Waals surface area contributed by atoms with E-state index in [9.17, 15) is 13.2 Å². The van der Waals surface area contributed by atoms with E-state index in [2.05, 4.69) is 10.0 Å². The van der Waals surface area contributed by atoms with Crippen LogP contribution >= 0.6 is 0 Å². The topological polar surface area (TPSA) is 95.5 Å². The van der Waals surface area contributed by atoms with E-state index in [1.165, 1.54) is 24.3 Å². The molecule has 0 spiro atoms. The monoisotopic (exact) mass is 346 g/mol. The molecule has 2 aromatic carbocycles. The van der Waals surface area contributed by atoms with Crippen LogP contribution in [0.2, 0.25) is 0 Å². The highest BCUT2D eigenvalue weighted by atomic mass is 32.2. The highest BCUT2D eigenvalue weighted by Crippen LogP contribution is 2.17. The van der Waals surface area contributed by atoms with Gasteiger partial charge in [0.15, 0.2) is 0 Å². The lowest BCUT2D eigenvalue weighted by molar-refractivity contribution is -0.116. The number of hydrogen-bond donors (Lipinski definition) is 3. The van der Waals surface area contributed by atoms with Crippen molar-refractivity contribution in [2.75, 3.05) is 17.9 Å². The van der Waals surface area contributed by atoms with Gasteiger partial charge >= 0.3 is 0 Å². The number of benzene rings is 2. The number of carbonyl (C=O) groups excluding carboxylic acids is 1. The Morgan fingerprint density at radius 3 is 2.54 bits per heavy atom. The largest absolute Gasteiger partial charge is 0.395 e. The number of amides is 1. The van der Waals surface area contributed by atoms with Gasteiger partial charge in [0.05, 0.1) is 11.5 Å². The molecular formula is C17H18N2O4S. The van der Waals surface area contributed by atoms with Gasteiger partial charge in [-0.1, -0.05) is 30.3 Å². The maximum Gasteiger partial charge on any atom is 0.261 e. The van der Waals surface area contributed by atoms with E-state index in [4.69, 9.17) is 5.11 Å². The molecule has 0 aromatic heterocycles. The number of nitrogens with one attached hydrogen (secondary N) is 2. The van der Waals surface area contributed by atoms with Crippen molar-refractivity contribution in [1.29, 1.82) is 0 Å². The first-order chi connectivity index (χ1) is 11.5. The Bertz CT molecular complexity index is 817. The Balaban J connectivity index is 2.14. The number of anilines is 1. The van der Waals surface area contributed by atoms with Gasteiger partial charge in [0.25, 0.3) is 10.0 Å². The third-order valence-electron chi connectivity index (χ3n) is 3.03. The molecule has 0 aliphatic rings. The number of hydrogen-bond acceptors (Lipinski definition) is 4. The fourth-order valence-corrected chi connectivity index (χ4v) is 3.03. The van der Waals surface area contributed by atoms with E-state index in [1.54, 1.807) is 42.5 Å². The third-order valence-corrected chi connectivity index (χ3v) is 4.41. The van der Waals surface area contributed by atoms with E-state index >= 15 is 0 Å². The van der Waals surface area contributed by atoms with Crippen molar-refractivity contribution in [3.05, 3.63) is 66.2 Å². The standard InChI is InChI=1S/C17H18N2O4S/c20-12-11-18-17(21)10-9-14-5-4-8-16(13-14)24(22,23)19-15-6-2-1-3-7-15/h1-10,13,19-20H,11-12H2,(H,18,21)/b10-9+. The number of sulfonamides is 1. The Hall–Kier alpha value is -2.64. The molecule has 3 N–H and O–H groups in total. The number of rotatable bonds is 7. The average molecular weight is 346 g/mol. The summed E-state index contributed by atoms with van der Waals surface area (Å²) in [5, 5.41) is 11.1. The molecule has 0 bridgehead atoms. The van der Waals surface area contributed by atoms with Crippen molar-refractivity contribution < 1.29 is 18.3 Å². The summed E-state index contributed by atoms with van der Waals surface area (Å²) in [5.41, 5.74) is 1.05. The molecule has 0 aliphatic carbocycles. The van der Waals surface area contributed by atoms with E-state index in [-0.39, 0.29) is 24.0 Å². The van der Waals surface area contributed by atoms with Gasteiger partial charge in [-0.2, -0.15) is 0 Å². The zero-order valence-electron chi connectivity index (χ0n) is 12.8. The molecule has 126 valence electrons. The normalized spacial score (nSPS) is 11.4. The first-order valence-electron chi connectivity index (χ1n) is 7.26. The Morgan fingerprint density at radius 2 is 1.83 bits per heavy atom. The lowest BCUT2D eigenvalue weighted by Crippen LogP contribution is -2.24. The van der Waals surface area contributed by atoms with Crippen LogP contribution in [0.5, 0.6) is 0 Å². The molecule has 2 rings (SSSR count). The summed E-state index contributed by atoms with van der Waals surface area (Å²) in [4.78, 5) is 11.6. The quantitative estimate of drug-likeness (QED) is 0.664. The van der Waals surface area contributed by atoms with Crippen LogP contribution in [0.4, 0.5) is 5.69 Å². The molecular weight excluding hydrogens is 328 g/mol. The summed E-state index contributed by atoms with van der Waals surface area (Å²) >= 11 is 0. The summed E-state index contributed by atoms with van der Waals surface area (Å²) < 4.78 is 27.3. The van der Waals surface area contributed by atoms with Crippen molar-refractivity contribution in [3.63, 3.8) is 0 Å². The summed E-state index contributed by atoms with van der Waals surface area (Å²) in [6.45, 7) is 0.0249. The van der Waals surface area contributed by atoms with Gasteiger partial charge in [-0.05, 0) is 35.9 Å². The predicted octanol–water partition coefficient (Wildman–Crippen LogP) is 1.61. The van der Waals surface area contributed by atoms with Crippen LogP contribution in [0.3, 0.4) is 0 Å². The second-order valence-corrected chi connectivity index (χ2v) is 6.57. The SMILES string of the molecule is O=C(/C=C/c1cccc(S(=O)(=O)Nc2ccccc2)c1)NCCO. The number of aliphatic hydroxyl groups excluding tert-OH is 1. The van der Waals surface area contributed by atoms with Crippen LogP contribution in [0, 0.1) is 0 Å². The first kappa shape index (κ1) is 17.7. The lowest BCUT2D eigenvalue weighted by Gasteiger charge is -2.08. The van der Waals surface area contributed by atoms with Crippen molar-refractivity contribution >= 4 is 27.7 Å². The van der Waals surface area contributed by atoms with Gasteiger partial charge in [-0.3, -0.25) is 9.52 Å². The van der Waals surface area contributed by atoms with Crippen LogP contribution in [0.1, 0.15) is 5.56 Å². The predicted molar refractivity (Wildman–Crippen MR) is 92.8 cm³/mol. The second kappa shape index (κ2) is 8.28. The van der Waals surface area contributed by atoms with E-state index in [0.717, 1.165) is 0 Å². The van der Waals surface area contributed by atoms with Gasteiger partial charge < -0.3 is 10.4 Å². The molecule has 0 fully saturated rings. The third kappa shape index (κ3) is 5.22. The van der Waals surface area contributed by atoms with Gasteiger partial charge in [-0.25, -0.2) is 8.42 Å².